The van der Waals surface area contributed by atoms with E-state index in [1.165, 1.54) is 22.4 Å². The van der Waals surface area contributed by atoms with E-state index in [-0.39, 0.29) is 6.09 Å². The number of likely N-dealkylation sites (tertiary alicyclic amines) is 1. The number of ether oxygens (including phenoxy) is 1. The van der Waals surface area contributed by atoms with Gasteiger partial charge in [-0.3, -0.25) is 0 Å². The first-order valence-corrected chi connectivity index (χ1v) is 11.1. The van der Waals surface area contributed by atoms with Crippen molar-refractivity contribution in [3.63, 3.8) is 0 Å². The van der Waals surface area contributed by atoms with Gasteiger partial charge < -0.3 is 14.5 Å². The predicted octanol–water partition coefficient (Wildman–Crippen LogP) is 6.14. The SMILES string of the molecule is Cc1ccc(N(C)Cc2ccccc2)c([C@H]2CCCCN(C(=O)OC(C)(C)C)C2)c1. The molecule has 3 rings (SSSR count). The third-order valence-electron chi connectivity index (χ3n) is 5.62. The maximum atomic E-state index is 12.8. The number of aryl methyl sites for hydroxylation is 1. The Morgan fingerprint density at radius 2 is 1.87 bits per heavy atom. The lowest BCUT2D eigenvalue weighted by molar-refractivity contribution is 0.0249. The molecule has 1 saturated heterocycles. The molecule has 0 radical (unpaired) electrons. The lowest BCUT2D eigenvalue weighted by Crippen LogP contribution is -2.38. The molecule has 0 aliphatic carbocycles. The lowest BCUT2D eigenvalue weighted by Gasteiger charge is -2.31. The zero-order valence-corrected chi connectivity index (χ0v) is 19.1. The Morgan fingerprint density at radius 3 is 2.57 bits per heavy atom. The highest BCUT2D eigenvalue weighted by Crippen LogP contribution is 2.35. The van der Waals surface area contributed by atoms with Crippen LogP contribution in [-0.2, 0) is 11.3 Å². The summed E-state index contributed by atoms with van der Waals surface area (Å²) in [6, 6.07) is 17.3. The summed E-state index contributed by atoms with van der Waals surface area (Å²) in [4.78, 5) is 17.0. The molecule has 4 heteroatoms. The van der Waals surface area contributed by atoms with Crippen molar-refractivity contribution >= 4 is 11.8 Å². The summed E-state index contributed by atoms with van der Waals surface area (Å²) in [5, 5.41) is 0. The fraction of sp³-hybridized carbons (Fsp3) is 0.500. The molecule has 1 atom stereocenters. The Hall–Kier alpha value is -2.49. The normalized spacial score (nSPS) is 17.4. The van der Waals surface area contributed by atoms with Gasteiger partial charge in [0, 0.05) is 38.3 Å². The fourth-order valence-corrected chi connectivity index (χ4v) is 4.18. The van der Waals surface area contributed by atoms with Crippen LogP contribution in [0.15, 0.2) is 48.5 Å². The molecule has 30 heavy (non-hydrogen) atoms. The van der Waals surface area contributed by atoms with Crippen molar-refractivity contribution in [2.45, 2.75) is 65.0 Å². The maximum absolute atomic E-state index is 12.8. The van der Waals surface area contributed by atoms with Crippen LogP contribution >= 0.6 is 0 Å². The van der Waals surface area contributed by atoms with Gasteiger partial charge >= 0.3 is 6.09 Å². The third-order valence-corrected chi connectivity index (χ3v) is 5.62. The Kier molecular flexibility index (Phi) is 7.06. The van der Waals surface area contributed by atoms with Gasteiger partial charge in [0.05, 0.1) is 0 Å². The molecule has 162 valence electrons. The molecule has 1 fully saturated rings. The molecule has 0 spiro atoms. The van der Waals surface area contributed by atoms with Crippen molar-refractivity contribution in [2.24, 2.45) is 0 Å². The number of hydrogen-bond donors (Lipinski definition) is 0. The molecule has 0 N–H and O–H groups in total. The first kappa shape index (κ1) is 22.2. The standard InChI is InChI=1S/C26H36N2O2/c1-20-14-15-24(27(5)18-21-11-7-6-8-12-21)23(17-20)22-13-9-10-16-28(19-22)25(29)30-26(2,3)4/h6-8,11-12,14-15,17,22H,9-10,13,16,18-19H2,1-5H3/t22-/m0/s1. The minimum absolute atomic E-state index is 0.193. The molecule has 2 aromatic carbocycles. The molecule has 0 aromatic heterocycles. The number of anilines is 1. The highest BCUT2D eigenvalue weighted by molar-refractivity contribution is 5.68. The average Bonchev–Trinajstić information content (AvgIpc) is 2.94. The van der Waals surface area contributed by atoms with Crippen molar-refractivity contribution in [2.75, 3.05) is 25.0 Å². The van der Waals surface area contributed by atoms with Crippen LogP contribution in [0.1, 0.15) is 62.6 Å². The minimum atomic E-state index is -0.469. The Bertz CT molecular complexity index is 842. The van der Waals surface area contributed by atoms with Crippen molar-refractivity contribution in [3.8, 4) is 0 Å². The number of carbonyl (C=O) groups is 1. The summed E-state index contributed by atoms with van der Waals surface area (Å²) in [6.07, 6.45) is 3.05. The van der Waals surface area contributed by atoms with Crippen LogP contribution < -0.4 is 4.90 Å². The highest BCUT2D eigenvalue weighted by Gasteiger charge is 2.28. The zero-order chi connectivity index (χ0) is 21.7. The molecule has 2 aromatic rings. The molecule has 1 aliphatic heterocycles. The van der Waals surface area contributed by atoms with Gasteiger partial charge in [-0.1, -0.05) is 54.4 Å². The van der Waals surface area contributed by atoms with Gasteiger partial charge in [0.1, 0.15) is 5.60 Å². The van der Waals surface area contributed by atoms with Crippen LogP contribution in [0.25, 0.3) is 0 Å². The van der Waals surface area contributed by atoms with Crippen LogP contribution in [0.2, 0.25) is 0 Å². The summed E-state index contributed by atoms with van der Waals surface area (Å²) >= 11 is 0. The van der Waals surface area contributed by atoms with Crippen LogP contribution in [-0.4, -0.2) is 36.7 Å². The van der Waals surface area contributed by atoms with Crippen LogP contribution in [0, 0.1) is 6.92 Å². The fourth-order valence-electron chi connectivity index (χ4n) is 4.18. The van der Waals surface area contributed by atoms with E-state index in [4.69, 9.17) is 4.74 Å². The first-order valence-electron chi connectivity index (χ1n) is 11.1. The van der Waals surface area contributed by atoms with Crippen LogP contribution in [0.3, 0.4) is 0 Å². The molecular weight excluding hydrogens is 372 g/mol. The van der Waals surface area contributed by atoms with E-state index in [1.807, 2.05) is 25.7 Å². The first-order chi connectivity index (χ1) is 14.2. The summed E-state index contributed by atoms with van der Waals surface area (Å²) in [6.45, 7) is 10.3. The van der Waals surface area contributed by atoms with Crippen molar-refractivity contribution in [3.05, 3.63) is 65.2 Å². The van der Waals surface area contributed by atoms with E-state index in [2.05, 4.69) is 67.4 Å². The number of amides is 1. The van der Waals surface area contributed by atoms with Crippen molar-refractivity contribution in [1.29, 1.82) is 0 Å². The second-order valence-corrected chi connectivity index (χ2v) is 9.52. The topological polar surface area (TPSA) is 32.8 Å². The molecule has 0 unspecified atom stereocenters. The number of carbonyl (C=O) groups excluding carboxylic acids is 1. The van der Waals surface area contributed by atoms with Gasteiger partial charge in [-0.25, -0.2) is 4.79 Å². The minimum Gasteiger partial charge on any atom is -0.444 e. The van der Waals surface area contributed by atoms with Gasteiger partial charge in [0.2, 0.25) is 0 Å². The lowest BCUT2D eigenvalue weighted by atomic mass is 9.91. The largest absolute Gasteiger partial charge is 0.444 e. The molecular formula is C26H36N2O2. The second kappa shape index (κ2) is 9.55. The van der Waals surface area contributed by atoms with Crippen LogP contribution in [0.4, 0.5) is 10.5 Å². The van der Waals surface area contributed by atoms with Gasteiger partial charge in [0.25, 0.3) is 0 Å². The number of rotatable bonds is 4. The van der Waals surface area contributed by atoms with Crippen molar-refractivity contribution in [1.82, 2.24) is 4.90 Å². The molecule has 1 amide bonds. The Morgan fingerprint density at radius 1 is 1.13 bits per heavy atom. The summed E-state index contributed by atoms with van der Waals surface area (Å²) in [5.74, 6) is 0.313. The summed E-state index contributed by atoms with van der Waals surface area (Å²) in [5.41, 5.74) is 4.67. The molecule has 0 saturated carbocycles. The van der Waals surface area contributed by atoms with Gasteiger partial charge in [-0.05, 0) is 57.7 Å². The third kappa shape index (κ3) is 6.01. The van der Waals surface area contributed by atoms with Gasteiger partial charge in [0.15, 0.2) is 0 Å². The van der Waals surface area contributed by atoms with Gasteiger partial charge in [-0.2, -0.15) is 0 Å². The second-order valence-electron chi connectivity index (χ2n) is 9.52. The smallest absolute Gasteiger partial charge is 0.410 e. The predicted molar refractivity (Wildman–Crippen MR) is 124 cm³/mol. The number of nitrogens with zero attached hydrogens (tertiary/aromatic N) is 2. The quantitative estimate of drug-likeness (QED) is 0.609. The molecule has 1 aliphatic rings. The summed E-state index contributed by atoms with van der Waals surface area (Å²) in [7, 11) is 2.16. The molecule has 1 heterocycles. The van der Waals surface area contributed by atoms with E-state index < -0.39 is 5.60 Å². The van der Waals surface area contributed by atoms with E-state index in [1.54, 1.807) is 0 Å². The molecule has 4 nitrogen and oxygen atoms in total. The molecule has 0 bridgehead atoms. The van der Waals surface area contributed by atoms with Crippen molar-refractivity contribution < 1.29 is 9.53 Å². The number of benzene rings is 2. The van der Waals surface area contributed by atoms with E-state index >= 15 is 0 Å². The number of hydrogen-bond acceptors (Lipinski definition) is 3. The Labute approximate surface area is 181 Å². The maximum Gasteiger partial charge on any atom is 0.410 e. The van der Waals surface area contributed by atoms with Crippen LogP contribution in [0.5, 0.6) is 0 Å². The monoisotopic (exact) mass is 408 g/mol. The zero-order valence-electron chi connectivity index (χ0n) is 19.1. The van der Waals surface area contributed by atoms with E-state index in [0.29, 0.717) is 12.5 Å². The van der Waals surface area contributed by atoms with E-state index in [0.717, 1.165) is 32.4 Å². The van der Waals surface area contributed by atoms with Gasteiger partial charge in [-0.15, -0.1) is 0 Å². The summed E-state index contributed by atoms with van der Waals surface area (Å²) < 4.78 is 5.67. The average molecular weight is 409 g/mol. The highest BCUT2D eigenvalue weighted by atomic mass is 16.6. The Balaban J connectivity index is 1.84. The van der Waals surface area contributed by atoms with E-state index in [9.17, 15) is 4.79 Å².